The molecule has 0 fully saturated rings. The fourth-order valence-electron chi connectivity index (χ4n) is 2.30. The molecular formula is C18H20Cl2N2O. The van der Waals surface area contributed by atoms with Crippen LogP contribution in [0, 0.1) is 0 Å². The van der Waals surface area contributed by atoms with Crippen molar-refractivity contribution in [3.05, 3.63) is 69.7 Å². The minimum absolute atomic E-state index is 0.0171. The number of hydrogen-bond donors (Lipinski definition) is 1. The van der Waals surface area contributed by atoms with Crippen LogP contribution in [0.15, 0.2) is 48.5 Å². The molecule has 0 saturated heterocycles. The summed E-state index contributed by atoms with van der Waals surface area (Å²) in [6.07, 6.45) is 0.771. The minimum atomic E-state index is 0.0171. The highest BCUT2D eigenvalue weighted by Crippen LogP contribution is 2.11. The number of halogens is 2. The van der Waals surface area contributed by atoms with E-state index in [-0.39, 0.29) is 5.91 Å². The maximum absolute atomic E-state index is 12.0. The lowest BCUT2D eigenvalue weighted by Crippen LogP contribution is -2.35. The van der Waals surface area contributed by atoms with Gasteiger partial charge >= 0.3 is 0 Å². The Morgan fingerprint density at radius 2 is 1.78 bits per heavy atom. The van der Waals surface area contributed by atoms with Crippen LogP contribution in [-0.4, -0.2) is 30.9 Å². The number of amides is 1. The molecule has 3 nitrogen and oxygen atoms in total. The van der Waals surface area contributed by atoms with Crippen LogP contribution in [0.5, 0.6) is 0 Å². The van der Waals surface area contributed by atoms with Crippen LogP contribution in [0.3, 0.4) is 0 Å². The summed E-state index contributed by atoms with van der Waals surface area (Å²) in [6.45, 7) is 1.67. The van der Waals surface area contributed by atoms with Crippen LogP contribution in [0.2, 0.25) is 10.0 Å². The Hall–Kier alpha value is -1.55. The molecule has 0 saturated carbocycles. The molecule has 0 unspecified atom stereocenters. The zero-order valence-corrected chi connectivity index (χ0v) is 14.6. The standard InChI is InChI=1S/C18H20Cl2N2O/c1-22(12-15-5-7-16(19)8-6-15)13-18(23)21-10-9-14-3-2-4-17(20)11-14/h2-8,11H,9-10,12-13H2,1H3,(H,21,23). The predicted molar refractivity (Wildman–Crippen MR) is 96.0 cm³/mol. The van der Waals surface area contributed by atoms with E-state index in [1.54, 1.807) is 0 Å². The van der Waals surface area contributed by atoms with Crippen LogP contribution < -0.4 is 5.32 Å². The van der Waals surface area contributed by atoms with Gasteiger partial charge in [-0.25, -0.2) is 0 Å². The first-order valence-electron chi connectivity index (χ1n) is 7.47. The summed E-state index contributed by atoms with van der Waals surface area (Å²) in [5, 5.41) is 4.37. The van der Waals surface area contributed by atoms with Gasteiger partial charge < -0.3 is 5.32 Å². The van der Waals surface area contributed by atoms with Crippen LogP contribution in [0.25, 0.3) is 0 Å². The van der Waals surface area contributed by atoms with E-state index in [2.05, 4.69) is 5.32 Å². The molecule has 122 valence electrons. The number of carbonyl (C=O) groups excluding carboxylic acids is 1. The molecule has 0 heterocycles. The first-order valence-corrected chi connectivity index (χ1v) is 8.22. The van der Waals surface area contributed by atoms with Gasteiger partial charge in [0.05, 0.1) is 6.54 Å². The zero-order valence-electron chi connectivity index (χ0n) is 13.1. The summed E-state index contributed by atoms with van der Waals surface area (Å²) in [4.78, 5) is 13.9. The first kappa shape index (κ1) is 17.8. The van der Waals surface area contributed by atoms with Crippen molar-refractivity contribution >= 4 is 29.1 Å². The van der Waals surface area contributed by atoms with Gasteiger partial charge in [-0.05, 0) is 48.9 Å². The van der Waals surface area contributed by atoms with Crippen molar-refractivity contribution in [2.45, 2.75) is 13.0 Å². The van der Waals surface area contributed by atoms with Crippen LogP contribution >= 0.6 is 23.2 Å². The van der Waals surface area contributed by atoms with Crippen molar-refractivity contribution in [1.82, 2.24) is 10.2 Å². The number of rotatable bonds is 7. The highest BCUT2D eigenvalue weighted by atomic mass is 35.5. The Morgan fingerprint density at radius 1 is 1.04 bits per heavy atom. The van der Waals surface area contributed by atoms with E-state index < -0.39 is 0 Å². The molecule has 2 aromatic rings. The molecule has 1 N–H and O–H groups in total. The van der Waals surface area contributed by atoms with Gasteiger partial charge in [-0.15, -0.1) is 0 Å². The zero-order chi connectivity index (χ0) is 16.7. The number of carbonyl (C=O) groups is 1. The van der Waals surface area contributed by atoms with Gasteiger partial charge in [-0.3, -0.25) is 9.69 Å². The fraction of sp³-hybridized carbons (Fsp3) is 0.278. The van der Waals surface area contributed by atoms with Crippen LogP contribution in [-0.2, 0) is 17.8 Å². The predicted octanol–water partition coefficient (Wildman–Crippen LogP) is 3.78. The second-order valence-corrected chi connectivity index (χ2v) is 6.40. The van der Waals surface area contributed by atoms with E-state index >= 15 is 0 Å². The average Bonchev–Trinajstić information content (AvgIpc) is 2.49. The van der Waals surface area contributed by atoms with Gasteiger partial charge in [-0.2, -0.15) is 0 Å². The summed E-state index contributed by atoms with van der Waals surface area (Å²) in [5.74, 6) is 0.0171. The Bertz CT molecular complexity index is 644. The summed E-state index contributed by atoms with van der Waals surface area (Å²) in [7, 11) is 1.92. The molecule has 0 aliphatic heterocycles. The molecule has 0 radical (unpaired) electrons. The van der Waals surface area contributed by atoms with E-state index in [1.807, 2.05) is 60.5 Å². The van der Waals surface area contributed by atoms with E-state index in [1.165, 1.54) is 0 Å². The number of nitrogens with one attached hydrogen (secondary N) is 1. The number of hydrogen-bond acceptors (Lipinski definition) is 2. The third-order valence-electron chi connectivity index (χ3n) is 3.40. The first-order chi connectivity index (χ1) is 11.0. The maximum atomic E-state index is 12.0. The molecule has 2 rings (SSSR count). The SMILES string of the molecule is CN(CC(=O)NCCc1cccc(Cl)c1)Cc1ccc(Cl)cc1. The smallest absolute Gasteiger partial charge is 0.234 e. The third-order valence-corrected chi connectivity index (χ3v) is 3.89. The average molecular weight is 351 g/mol. The highest BCUT2D eigenvalue weighted by molar-refractivity contribution is 6.30. The summed E-state index contributed by atoms with van der Waals surface area (Å²) in [5.41, 5.74) is 2.25. The Balaban J connectivity index is 1.70. The number of benzene rings is 2. The summed E-state index contributed by atoms with van der Waals surface area (Å²) in [6, 6.07) is 15.3. The summed E-state index contributed by atoms with van der Waals surface area (Å²) < 4.78 is 0. The Labute approximate surface area is 147 Å². The maximum Gasteiger partial charge on any atom is 0.234 e. The van der Waals surface area contributed by atoms with Crippen molar-refractivity contribution in [2.75, 3.05) is 20.1 Å². The van der Waals surface area contributed by atoms with Crippen molar-refractivity contribution in [2.24, 2.45) is 0 Å². The molecule has 23 heavy (non-hydrogen) atoms. The highest BCUT2D eigenvalue weighted by Gasteiger charge is 2.07. The monoisotopic (exact) mass is 350 g/mol. The number of nitrogens with zero attached hydrogens (tertiary/aromatic N) is 1. The fourth-order valence-corrected chi connectivity index (χ4v) is 2.64. The van der Waals surface area contributed by atoms with Crippen molar-refractivity contribution in [3.63, 3.8) is 0 Å². The third kappa shape index (κ3) is 6.61. The van der Waals surface area contributed by atoms with E-state index in [9.17, 15) is 4.79 Å². The van der Waals surface area contributed by atoms with E-state index in [4.69, 9.17) is 23.2 Å². The minimum Gasteiger partial charge on any atom is -0.355 e. The van der Waals surface area contributed by atoms with Gasteiger partial charge in [0, 0.05) is 23.1 Å². The van der Waals surface area contributed by atoms with Crippen molar-refractivity contribution in [1.29, 1.82) is 0 Å². The molecule has 2 aromatic carbocycles. The van der Waals surface area contributed by atoms with E-state index in [0.29, 0.717) is 19.6 Å². The number of likely N-dealkylation sites (N-methyl/N-ethyl adjacent to an activating group) is 1. The van der Waals surface area contributed by atoms with Crippen molar-refractivity contribution in [3.8, 4) is 0 Å². The second kappa shape index (κ2) is 8.92. The lowest BCUT2D eigenvalue weighted by atomic mass is 10.1. The lowest BCUT2D eigenvalue weighted by Gasteiger charge is -2.16. The molecule has 0 atom stereocenters. The van der Waals surface area contributed by atoms with Gasteiger partial charge in [0.25, 0.3) is 0 Å². The molecule has 0 spiro atoms. The molecule has 0 bridgehead atoms. The largest absolute Gasteiger partial charge is 0.355 e. The summed E-state index contributed by atoms with van der Waals surface area (Å²) >= 11 is 11.8. The van der Waals surface area contributed by atoms with Crippen molar-refractivity contribution < 1.29 is 4.79 Å². The van der Waals surface area contributed by atoms with Gasteiger partial charge in [0.2, 0.25) is 5.91 Å². The van der Waals surface area contributed by atoms with Gasteiger partial charge in [0.15, 0.2) is 0 Å². The molecule has 0 aliphatic carbocycles. The quantitative estimate of drug-likeness (QED) is 0.823. The lowest BCUT2D eigenvalue weighted by molar-refractivity contribution is -0.122. The van der Waals surface area contributed by atoms with Crippen LogP contribution in [0.1, 0.15) is 11.1 Å². The Morgan fingerprint density at radius 3 is 2.48 bits per heavy atom. The molecular weight excluding hydrogens is 331 g/mol. The van der Waals surface area contributed by atoms with E-state index in [0.717, 1.165) is 27.6 Å². The second-order valence-electron chi connectivity index (χ2n) is 5.53. The van der Waals surface area contributed by atoms with Crippen LogP contribution in [0.4, 0.5) is 0 Å². The Kier molecular flexibility index (Phi) is 6.90. The molecule has 1 amide bonds. The molecule has 0 aliphatic rings. The van der Waals surface area contributed by atoms with Gasteiger partial charge in [0.1, 0.15) is 0 Å². The molecule has 0 aromatic heterocycles. The topological polar surface area (TPSA) is 32.3 Å². The molecule has 5 heteroatoms. The normalized spacial score (nSPS) is 10.8. The van der Waals surface area contributed by atoms with Gasteiger partial charge in [-0.1, -0.05) is 47.5 Å².